The van der Waals surface area contributed by atoms with E-state index in [1.807, 2.05) is 25.9 Å². The first-order valence-corrected chi connectivity index (χ1v) is 9.04. The van der Waals surface area contributed by atoms with Gasteiger partial charge in [0.25, 0.3) is 10.1 Å². The zero-order valence-corrected chi connectivity index (χ0v) is 15.0. The summed E-state index contributed by atoms with van der Waals surface area (Å²) in [5, 5.41) is 0. The number of para-hydroxylation sites is 1. The lowest BCUT2D eigenvalue weighted by molar-refractivity contribution is -0.114. The van der Waals surface area contributed by atoms with Crippen LogP contribution in [-0.4, -0.2) is 56.1 Å². The van der Waals surface area contributed by atoms with E-state index in [4.69, 9.17) is 0 Å². The van der Waals surface area contributed by atoms with Crippen LogP contribution in [0.2, 0.25) is 0 Å². The van der Waals surface area contributed by atoms with Crippen molar-refractivity contribution in [3.8, 4) is 0 Å². The number of carbonyl (C=O) groups excluding carboxylic acids is 2. The van der Waals surface area contributed by atoms with E-state index in [1.54, 1.807) is 6.07 Å². The summed E-state index contributed by atoms with van der Waals surface area (Å²) < 4.78 is 33.0. The fourth-order valence-electron chi connectivity index (χ4n) is 2.36. The monoisotopic (exact) mass is 364 g/mol. The Balaban J connectivity index is 2.61. The molecule has 0 amide bonds. The molecule has 0 aromatic heterocycles. The number of hydrogen-bond donors (Lipinski definition) is 1. The number of anilines is 1. The van der Waals surface area contributed by atoms with Crippen molar-refractivity contribution in [2.45, 2.75) is 17.9 Å². The molecule has 0 heterocycles. The van der Waals surface area contributed by atoms with Gasteiger partial charge in [-0.1, -0.05) is 12.1 Å². The molecule has 2 rings (SSSR count). The fourth-order valence-corrected chi connectivity index (χ4v) is 3.05. The maximum absolute atomic E-state index is 12.3. The number of rotatable bonds is 6. The normalized spacial score (nSPS) is 16.1. The summed E-state index contributed by atoms with van der Waals surface area (Å²) >= 11 is 0. The third kappa shape index (κ3) is 4.41. The number of hydrogen-bond acceptors (Lipinski definition) is 6. The molecule has 0 bridgehead atoms. The van der Waals surface area contributed by atoms with Crippen LogP contribution >= 0.6 is 0 Å². The van der Waals surface area contributed by atoms with Gasteiger partial charge in [0.1, 0.15) is 4.90 Å². The lowest BCUT2D eigenvalue weighted by Gasteiger charge is -2.33. The van der Waals surface area contributed by atoms with Crippen molar-refractivity contribution >= 4 is 27.4 Å². The van der Waals surface area contributed by atoms with Crippen molar-refractivity contribution < 1.29 is 22.6 Å². The lowest BCUT2D eigenvalue weighted by atomic mass is 10.1. The third-order valence-electron chi connectivity index (χ3n) is 3.98. The van der Waals surface area contributed by atoms with Gasteiger partial charge in [0.15, 0.2) is 5.78 Å². The van der Waals surface area contributed by atoms with E-state index in [1.165, 1.54) is 29.2 Å². The minimum atomic E-state index is -4.50. The molecule has 134 valence electrons. The Bertz CT molecular complexity index is 856. The first kappa shape index (κ1) is 19.0. The van der Waals surface area contributed by atoms with E-state index in [-0.39, 0.29) is 34.6 Å². The highest BCUT2D eigenvalue weighted by molar-refractivity contribution is 7.86. The standard InChI is InChI=1S/C17H20N2O5S/c1-12(18(2)3)11-19(15-10-13(20)8-9-16(15)21)14-6-4-5-7-17(14)25(22,23)24/h4-10,12H,11H2,1-3H3,(H,22,23,24). The molecule has 0 saturated heterocycles. The molecule has 1 aliphatic carbocycles. The van der Waals surface area contributed by atoms with Crippen LogP contribution < -0.4 is 4.90 Å². The van der Waals surface area contributed by atoms with Gasteiger partial charge < -0.3 is 9.80 Å². The molecule has 0 fully saturated rings. The summed E-state index contributed by atoms with van der Waals surface area (Å²) in [7, 11) is -0.807. The van der Waals surface area contributed by atoms with E-state index in [9.17, 15) is 22.6 Å². The van der Waals surface area contributed by atoms with E-state index in [2.05, 4.69) is 0 Å². The summed E-state index contributed by atoms with van der Waals surface area (Å²) in [5.41, 5.74) is 0.207. The van der Waals surface area contributed by atoms with Crippen LogP contribution in [0.25, 0.3) is 0 Å². The zero-order chi connectivity index (χ0) is 18.8. The van der Waals surface area contributed by atoms with Gasteiger partial charge in [-0.25, -0.2) is 0 Å². The number of allylic oxidation sites excluding steroid dienone is 3. The third-order valence-corrected chi connectivity index (χ3v) is 4.88. The molecular weight excluding hydrogens is 344 g/mol. The molecule has 1 aromatic rings. The topological polar surface area (TPSA) is 95.0 Å². The second kappa shape index (κ2) is 7.30. The van der Waals surface area contributed by atoms with Crippen molar-refractivity contribution in [3.05, 3.63) is 48.2 Å². The molecule has 0 spiro atoms. The van der Waals surface area contributed by atoms with Gasteiger partial charge in [0.05, 0.1) is 11.4 Å². The average molecular weight is 364 g/mol. The second-order valence-electron chi connectivity index (χ2n) is 6.00. The molecule has 0 radical (unpaired) electrons. The van der Waals surface area contributed by atoms with Crippen molar-refractivity contribution in [1.82, 2.24) is 4.90 Å². The largest absolute Gasteiger partial charge is 0.335 e. The molecule has 7 nitrogen and oxygen atoms in total. The van der Waals surface area contributed by atoms with Crippen molar-refractivity contribution in [2.75, 3.05) is 25.5 Å². The van der Waals surface area contributed by atoms with Crippen molar-refractivity contribution in [3.63, 3.8) is 0 Å². The second-order valence-corrected chi connectivity index (χ2v) is 7.39. The van der Waals surface area contributed by atoms with Gasteiger partial charge in [-0.05, 0) is 45.3 Å². The Kier molecular flexibility index (Phi) is 5.56. The number of nitrogens with zero attached hydrogens (tertiary/aromatic N) is 2. The SMILES string of the molecule is CC(CN(C1=CC(=O)C=CC1=O)c1ccccc1S(=O)(=O)O)N(C)C. The Morgan fingerprint density at radius 1 is 1.12 bits per heavy atom. The number of carbonyl (C=O) groups is 2. The van der Waals surface area contributed by atoms with Crippen molar-refractivity contribution in [2.24, 2.45) is 0 Å². The molecule has 1 unspecified atom stereocenters. The Morgan fingerprint density at radius 2 is 1.76 bits per heavy atom. The molecule has 0 saturated carbocycles. The van der Waals surface area contributed by atoms with Crippen LogP contribution in [-0.2, 0) is 19.7 Å². The minimum absolute atomic E-state index is 0.0656. The highest BCUT2D eigenvalue weighted by Gasteiger charge is 2.27. The Labute approximate surface area is 147 Å². The van der Waals surface area contributed by atoms with Crippen molar-refractivity contribution in [1.29, 1.82) is 0 Å². The first-order valence-electron chi connectivity index (χ1n) is 7.60. The van der Waals surface area contributed by atoms with E-state index in [0.717, 1.165) is 12.2 Å². The smallest absolute Gasteiger partial charge is 0.296 e. The van der Waals surface area contributed by atoms with Crippen LogP contribution in [0, 0.1) is 0 Å². The predicted octanol–water partition coefficient (Wildman–Crippen LogP) is 1.28. The average Bonchev–Trinajstić information content (AvgIpc) is 2.54. The highest BCUT2D eigenvalue weighted by Crippen LogP contribution is 2.29. The number of likely N-dealkylation sites (N-methyl/N-ethyl adjacent to an activating group) is 1. The van der Waals surface area contributed by atoms with Gasteiger partial charge in [-0.3, -0.25) is 14.1 Å². The van der Waals surface area contributed by atoms with E-state index >= 15 is 0 Å². The van der Waals surface area contributed by atoms with Crippen LogP contribution in [0.1, 0.15) is 6.92 Å². The number of ketones is 2. The maximum atomic E-state index is 12.3. The minimum Gasteiger partial charge on any atom is -0.335 e. The molecule has 25 heavy (non-hydrogen) atoms. The first-order chi connectivity index (χ1) is 11.6. The molecular formula is C17H20N2O5S. The van der Waals surface area contributed by atoms with Crippen LogP contribution in [0.5, 0.6) is 0 Å². The zero-order valence-electron chi connectivity index (χ0n) is 14.2. The fraction of sp³-hybridized carbons (Fsp3) is 0.294. The molecule has 1 atom stereocenters. The summed E-state index contributed by atoms with van der Waals surface area (Å²) in [5.74, 6) is -0.767. The summed E-state index contributed by atoms with van der Waals surface area (Å²) in [6, 6.07) is 5.75. The summed E-state index contributed by atoms with van der Waals surface area (Å²) in [6.45, 7) is 2.15. The van der Waals surface area contributed by atoms with Crippen LogP contribution in [0.15, 0.2) is 53.1 Å². The van der Waals surface area contributed by atoms with Gasteiger partial charge in [0.2, 0.25) is 5.78 Å². The Morgan fingerprint density at radius 3 is 2.36 bits per heavy atom. The predicted molar refractivity (Wildman–Crippen MR) is 94.0 cm³/mol. The van der Waals surface area contributed by atoms with E-state index < -0.39 is 15.9 Å². The molecule has 1 aromatic carbocycles. The summed E-state index contributed by atoms with van der Waals surface area (Å²) in [4.78, 5) is 27.1. The van der Waals surface area contributed by atoms with Crippen LogP contribution in [0.3, 0.4) is 0 Å². The van der Waals surface area contributed by atoms with Gasteiger partial charge >= 0.3 is 0 Å². The maximum Gasteiger partial charge on any atom is 0.296 e. The quantitative estimate of drug-likeness (QED) is 0.600. The molecule has 8 heteroatoms. The molecule has 0 aliphatic heterocycles. The van der Waals surface area contributed by atoms with Crippen LogP contribution in [0.4, 0.5) is 5.69 Å². The molecule has 1 N–H and O–H groups in total. The number of benzene rings is 1. The molecule has 1 aliphatic rings. The van der Waals surface area contributed by atoms with Gasteiger partial charge in [0, 0.05) is 18.7 Å². The Hall–Kier alpha value is -2.29. The summed E-state index contributed by atoms with van der Waals surface area (Å²) in [6.07, 6.45) is 3.49. The van der Waals surface area contributed by atoms with E-state index in [0.29, 0.717) is 0 Å². The van der Waals surface area contributed by atoms with Gasteiger partial charge in [-0.2, -0.15) is 8.42 Å². The highest BCUT2D eigenvalue weighted by atomic mass is 32.2. The van der Waals surface area contributed by atoms with Gasteiger partial charge in [-0.15, -0.1) is 0 Å². The lowest BCUT2D eigenvalue weighted by Crippen LogP contribution is -2.40.